The molecule has 56 heavy (non-hydrogen) atoms. The second kappa shape index (κ2) is 12.5. The Morgan fingerprint density at radius 1 is 0.393 bits per heavy atom. The molecule has 10 aromatic rings. The molecule has 0 N–H and O–H groups in total. The van der Waals surface area contributed by atoms with Crippen molar-refractivity contribution >= 4 is 72.6 Å². The molecule has 3 heteroatoms. The highest BCUT2D eigenvalue weighted by atomic mass is 16.3. The third kappa shape index (κ3) is 5.05. The Morgan fingerprint density at radius 2 is 0.821 bits per heavy atom. The van der Waals surface area contributed by atoms with Crippen molar-refractivity contribution < 1.29 is 8.83 Å². The van der Waals surface area contributed by atoms with Crippen molar-refractivity contribution in [1.29, 1.82) is 0 Å². The van der Waals surface area contributed by atoms with Crippen LogP contribution in [0.25, 0.3) is 77.8 Å². The highest BCUT2D eigenvalue weighted by Crippen LogP contribution is 2.47. The second-order valence-corrected chi connectivity index (χ2v) is 15.3. The third-order valence-corrected chi connectivity index (χ3v) is 11.7. The average Bonchev–Trinajstić information content (AvgIpc) is 3.91. The molecule has 0 amide bonds. The summed E-state index contributed by atoms with van der Waals surface area (Å²) >= 11 is 0. The van der Waals surface area contributed by atoms with Gasteiger partial charge in [-0.3, -0.25) is 0 Å². The van der Waals surface area contributed by atoms with Gasteiger partial charge in [-0.25, -0.2) is 0 Å². The molecule has 0 atom stereocenters. The van der Waals surface area contributed by atoms with Gasteiger partial charge in [-0.15, -0.1) is 0 Å². The average molecular weight is 720 g/mol. The summed E-state index contributed by atoms with van der Waals surface area (Å²) < 4.78 is 12.8. The van der Waals surface area contributed by atoms with Crippen LogP contribution in [0.2, 0.25) is 0 Å². The van der Waals surface area contributed by atoms with E-state index in [4.69, 9.17) is 8.83 Å². The summed E-state index contributed by atoms with van der Waals surface area (Å²) in [7, 11) is 0. The minimum absolute atomic E-state index is 0.0745. The molecule has 2 heterocycles. The molecule has 266 valence electrons. The van der Waals surface area contributed by atoms with E-state index >= 15 is 0 Å². The van der Waals surface area contributed by atoms with E-state index in [1.54, 1.807) is 0 Å². The fraction of sp³-hybridized carbons (Fsp3) is 0.0566. The van der Waals surface area contributed by atoms with E-state index < -0.39 is 0 Å². The molecule has 0 unspecified atom stereocenters. The summed E-state index contributed by atoms with van der Waals surface area (Å²) in [5, 5.41) is 4.53. The smallest absolute Gasteiger partial charge is 0.143 e. The number of rotatable bonds is 6. The lowest BCUT2D eigenvalue weighted by Gasteiger charge is -2.28. The Kier molecular flexibility index (Phi) is 7.20. The molecule has 8 aromatic carbocycles. The van der Waals surface area contributed by atoms with E-state index in [1.165, 1.54) is 22.3 Å². The first-order chi connectivity index (χ1) is 27.5. The molecule has 0 radical (unpaired) electrons. The normalized spacial score (nSPS) is 13.4. The molecule has 0 bridgehead atoms. The fourth-order valence-electron chi connectivity index (χ4n) is 8.88. The van der Waals surface area contributed by atoms with E-state index in [-0.39, 0.29) is 5.41 Å². The van der Waals surface area contributed by atoms with Gasteiger partial charge in [-0.1, -0.05) is 147 Å². The van der Waals surface area contributed by atoms with Gasteiger partial charge in [0.05, 0.1) is 0 Å². The molecule has 0 saturated carbocycles. The van der Waals surface area contributed by atoms with Crippen LogP contribution < -0.4 is 4.90 Å². The van der Waals surface area contributed by atoms with Crippen molar-refractivity contribution in [2.45, 2.75) is 19.3 Å². The number of nitrogens with zero attached hydrogens (tertiary/aromatic N) is 1. The van der Waals surface area contributed by atoms with Gasteiger partial charge in [0.15, 0.2) is 0 Å². The first kappa shape index (κ1) is 32.3. The maximum absolute atomic E-state index is 6.41. The largest absolute Gasteiger partial charge is 0.455 e. The molecule has 0 aliphatic heterocycles. The number of allylic oxidation sites excluding steroid dienone is 1. The summed E-state index contributed by atoms with van der Waals surface area (Å²) in [6.07, 6.45) is 2.35. The van der Waals surface area contributed by atoms with Gasteiger partial charge in [-0.2, -0.15) is 0 Å². The zero-order chi connectivity index (χ0) is 37.4. The number of para-hydroxylation sites is 4. The summed E-state index contributed by atoms with van der Waals surface area (Å²) in [5.41, 5.74) is 16.4. The van der Waals surface area contributed by atoms with Crippen molar-refractivity contribution in [2.75, 3.05) is 4.90 Å². The van der Waals surface area contributed by atoms with Crippen LogP contribution >= 0.6 is 0 Å². The summed E-state index contributed by atoms with van der Waals surface area (Å²) in [5.74, 6) is 0. The number of benzene rings is 8. The molecule has 0 saturated heterocycles. The van der Waals surface area contributed by atoms with Crippen molar-refractivity contribution in [3.8, 4) is 22.3 Å². The van der Waals surface area contributed by atoms with Gasteiger partial charge in [0.25, 0.3) is 0 Å². The minimum atomic E-state index is -0.0745. The van der Waals surface area contributed by atoms with Crippen LogP contribution in [-0.4, -0.2) is 0 Å². The SMILES string of the molecule is CC1(C)C(c2ccc(N(c3ccc(-c4cccc5c4oc4ccccc45)cc3)c3ccc(-c4cccc5c4oc4ccccc45)cc3)cc2)=Cc2ccccc21. The lowest BCUT2D eigenvalue weighted by Crippen LogP contribution is -2.16. The number of hydrogen-bond donors (Lipinski definition) is 0. The predicted molar refractivity (Wildman–Crippen MR) is 234 cm³/mol. The Bertz CT molecular complexity index is 2980. The summed E-state index contributed by atoms with van der Waals surface area (Å²) in [6, 6.07) is 64.8. The molecule has 2 aromatic heterocycles. The zero-order valence-electron chi connectivity index (χ0n) is 31.2. The van der Waals surface area contributed by atoms with Crippen molar-refractivity contribution in [3.63, 3.8) is 0 Å². The Morgan fingerprint density at radius 3 is 1.32 bits per heavy atom. The molecule has 0 fully saturated rings. The van der Waals surface area contributed by atoms with Gasteiger partial charge in [0.2, 0.25) is 0 Å². The predicted octanol–water partition coefficient (Wildman–Crippen LogP) is 15.1. The van der Waals surface area contributed by atoms with Gasteiger partial charge in [0.1, 0.15) is 22.3 Å². The Balaban J connectivity index is 0.996. The standard InChI is InChI=1S/C53H37NO2/c1-53(2)47-18-6-3-11-37(47)33-48(53)36-25-31-40(32-26-36)54(38-27-21-34(22-28-38)41-14-9-16-45-43-12-4-7-19-49(43)55-51(41)45)39-29-23-35(24-30-39)42-15-10-17-46-44-13-5-8-20-50(44)56-52(42)46/h3-33H,1-2H3. The van der Waals surface area contributed by atoms with Crippen molar-refractivity contribution in [1.82, 2.24) is 0 Å². The van der Waals surface area contributed by atoms with E-state index in [2.05, 4.69) is 183 Å². The molecule has 11 rings (SSSR count). The lowest BCUT2D eigenvalue weighted by molar-refractivity contribution is 0.669. The monoisotopic (exact) mass is 719 g/mol. The zero-order valence-corrected chi connectivity index (χ0v) is 31.2. The van der Waals surface area contributed by atoms with Gasteiger partial charge >= 0.3 is 0 Å². The van der Waals surface area contributed by atoms with Crippen LogP contribution in [-0.2, 0) is 5.41 Å². The Hall–Kier alpha value is -7.10. The van der Waals surface area contributed by atoms with Gasteiger partial charge < -0.3 is 13.7 Å². The van der Waals surface area contributed by atoms with Crippen LogP contribution in [0.1, 0.15) is 30.5 Å². The maximum atomic E-state index is 6.41. The third-order valence-electron chi connectivity index (χ3n) is 11.7. The molecule has 3 nitrogen and oxygen atoms in total. The van der Waals surface area contributed by atoms with Crippen LogP contribution in [0.4, 0.5) is 17.1 Å². The highest BCUT2D eigenvalue weighted by Gasteiger charge is 2.33. The highest BCUT2D eigenvalue weighted by molar-refractivity contribution is 6.10. The van der Waals surface area contributed by atoms with E-state index in [1.807, 2.05) is 24.3 Å². The van der Waals surface area contributed by atoms with E-state index in [0.29, 0.717) is 0 Å². The van der Waals surface area contributed by atoms with Gasteiger partial charge in [0, 0.05) is 55.1 Å². The molecule has 0 spiro atoms. The summed E-state index contributed by atoms with van der Waals surface area (Å²) in [6.45, 7) is 4.65. The maximum Gasteiger partial charge on any atom is 0.143 e. The van der Waals surface area contributed by atoms with Crippen molar-refractivity contribution in [2.24, 2.45) is 0 Å². The molecule has 1 aliphatic rings. The fourth-order valence-corrected chi connectivity index (χ4v) is 8.88. The Labute approximate surface area is 325 Å². The number of furan rings is 2. The quantitative estimate of drug-likeness (QED) is 0.171. The number of hydrogen-bond acceptors (Lipinski definition) is 3. The first-order valence-electron chi connectivity index (χ1n) is 19.2. The van der Waals surface area contributed by atoms with Crippen molar-refractivity contribution in [3.05, 3.63) is 199 Å². The molecular formula is C53H37NO2. The van der Waals surface area contributed by atoms with Crippen LogP contribution in [0.15, 0.2) is 191 Å². The van der Waals surface area contributed by atoms with E-state index in [0.717, 1.165) is 83.2 Å². The van der Waals surface area contributed by atoms with Crippen LogP contribution in [0.3, 0.4) is 0 Å². The van der Waals surface area contributed by atoms with E-state index in [9.17, 15) is 0 Å². The summed E-state index contributed by atoms with van der Waals surface area (Å²) in [4.78, 5) is 2.34. The minimum Gasteiger partial charge on any atom is -0.455 e. The number of anilines is 3. The molecule has 1 aliphatic carbocycles. The second-order valence-electron chi connectivity index (χ2n) is 15.3. The van der Waals surface area contributed by atoms with Crippen LogP contribution in [0.5, 0.6) is 0 Å². The van der Waals surface area contributed by atoms with Gasteiger partial charge in [-0.05, 0) is 88.0 Å². The first-order valence-corrected chi connectivity index (χ1v) is 19.2. The van der Waals surface area contributed by atoms with Crippen LogP contribution in [0, 0.1) is 0 Å². The topological polar surface area (TPSA) is 29.5 Å². The number of fused-ring (bicyclic) bond motifs is 7. The molecular weight excluding hydrogens is 683 g/mol. The lowest BCUT2D eigenvalue weighted by atomic mass is 9.78.